The predicted molar refractivity (Wildman–Crippen MR) is 82.6 cm³/mol. The summed E-state index contributed by atoms with van der Waals surface area (Å²) in [5.41, 5.74) is 1.35. The number of benzene rings is 1. The maximum absolute atomic E-state index is 11.5. The van der Waals surface area contributed by atoms with E-state index in [0.717, 1.165) is 5.69 Å². The number of anilines is 1. The third-order valence-electron chi connectivity index (χ3n) is 2.96. The molecule has 0 saturated heterocycles. The summed E-state index contributed by atoms with van der Waals surface area (Å²) < 4.78 is 15.4. The van der Waals surface area contributed by atoms with Crippen LogP contribution in [-0.4, -0.2) is 38.7 Å². The molecular formula is C16H22N2O4. The van der Waals surface area contributed by atoms with Crippen LogP contribution in [0.15, 0.2) is 24.3 Å². The van der Waals surface area contributed by atoms with Crippen molar-refractivity contribution in [1.29, 1.82) is 5.26 Å². The second-order valence-corrected chi connectivity index (χ2v) is 4.35. The Hall–Kier alpha value is -2.26. The highest BCUT2D eigenvalue weighted by Crippen LogP contribution is 2.20. The van der Waals surface area contributed by atoms with Gasteiger partial charge in [0.25, 0.3) is 0 Å². The van der Waals surface area contributed by atoms with Crippen molar-refractivity contribution >= 4 is 11.8 Å². The highest BCUT2D eigenvalue weighted by atomic mass is 16.8. The van der Waals surface area contributed by atoms with Crippen molar-refractivity contribution in [3.63, 3.8) is 0 Å². The molecule has 120 valence electrons. The number of rotatable bonds is 8. The molecule has 0 aromatic heterocycles. The van der Waals surface area contributed by atoms with Crippen molar-refractivity contribution in [2.75, 3.05) is 31.2 Å². The van der Waals surface area contributed by atoms with E-state index in [0.29, 0.717) is 25.3 Å². The summed E-state index contributed by atoms with van der Waals surface area (Å²) >= 11 is 0. The smallest absolute Gasteiger partial charge is 0.435 e. The predicted octanol–water partition coefficient (Wildman–Crippen LogP) is 2.92. The molecule has 0 saturated carbocycles. The summed E-state index contributed by atoms with van der Waals surface area (Å²) in [5, 5.41) is 9.20. The van der Waals surface area contributed by atoms with E-state index in [1.54, 1.807) is 13.0 Å². The number of nitrogens with zero attached hydrogens (tertiary/aromatic N) is 2. The van der Waals surface area contributed by atoms with Crippen LogP contribution in [0.4, 0.5) is 10.5 Å². The average Bonchev–Trinajstić information content (AvgIpc) is 2.52. The maximum atomic E-state index is 11.5. The molecule has 1 unspecified atom stereocenters. The fourth-order valence-corrected chi connectivity index (χ4v) is 1.99. The van der Waals surface area contributed by atoms with E-state index in [1.165, 1.54) is 0 Å². The Morgan fingerprint density at radius 2 is 2.00 bits per heavy atom. The number of hydrogen-bond acceptors (Lipinski definition) is 6. The Labute approximate surface area is 131 Å². The van der Waals surface area contributed by atoms with Crippen molar-refractivity contribution in [2.45, 2.75) is 27.1 Å². The standard InChI is InChI=1S/C16H22N2O4/c1-4-18(14-10-8-7-9-13(14)11-17)12-15(20-5-2)22-16(19)21-6-3/h7-10,15H,4-6,12H2,1-3H3. The van der Waals surface area contributed by atoms with Gasteiger partial charge in [0.15, 0.2) is 0 Å². The van der Waals surface area contributed by atoms with Gasteiger partial charge in [0, 0.05) is 13.2 Å². The number of carbonyl (C=O) groups excluding carboxylic acids is 1. The van der Waals surface area contributed by atoms with Gasteiger partial charge >= 0.3 is 6.16 Å². The number of nitriles is 1. The summed E-state index contributed by atoms with van der Waals surface area (Å²) in [4.78, 5) is 13.4. The van der Waals surface area contributed by atoms with Gasteiger partial charge in [-0.3, -0.25) is 0 Å². The molecule has 0 amide bonds. The molecule has 0 heterocycles. The molecule has 0 radical (unpaired) electrons. The number of para-hydroxylation sites is 1. The molecule has 1 aromatic rings. The molecule has 6 heteroatoms. The Balaban J connectivity index is 2.84. The summed E-state index contributed by atoms with van der Waals surface area (Å²) in [6.45, 7) is 7.10. The maximum Gasteiger partial charge on any atom is 0.510 e. The van der Waals surface area contributed by atoms with Gasteiger partial charge in [-0.2, -0.15) is 5.26 Å². The molecule has 1 aromatic carbocycles. The molecule has 22 heavy (non-hydrogen) atoms. The van der Waals surface area contributed by atoms with Crippen LogP contribution in [0, 0.1) is 11.3 Å². The third-order valence-corrected chi connectivity index (χ3v) is 2.96. The lowest BCUT2D eigenvalue weighted by Gasteiger charge is -2.28. The molecule has 0 fully saturated rings. The number of likely N-dealkylation sites (N-methyl/N-ethyl adjacent to an activating group) is 1. The summed E-state index contributed by atoms with van der Waals surface area (Å²) in [6.07, 6.45) is -1.51. The first kappa shape index (κ1) is 17.8. The highest BCUT2D eigenvalue weighted by Gasteiger charge is 2.20. The lowest BCUT2D eigenvalue weighted by molar-refractivity contribution is -0.112. The molecule has 0 aliphatic rings. The molecule has 1 rings (SSSR count). The van der Waals surface area contributed by atoms with Gasteiger partial charge in [0.2, 0.25) is 6.29 Å². The number of hydrogen-bond donors (Lipinski definition) is 0. The fraction of sp³-hybridized carbons (Fsp3) is 0.500. The van der Waals surface area contributed by atoms with Crippen LogP contribution in [0.25, 0.3) is 0 Å². The Kier molecular flexibility index (Phi) is 7.79. The van der Waals surface area contributed by atoms with Crippen LogP contribution >= 0.6 is 0 Å². The van der Waals surface area contributed by atoms with E-state index in [9.17, 15) is 10.1 Å². The molecule has 0 spiro atoms. The average molecular weight is 306 g/mol. The van der Waals surface area contributed by atoms with Crippen LogP contribution in [0.5, 0.6) is 0 Å². The van der Waals surface area contributed by atoms with Crippen LogP contribution in [0.1, 0.15) is 26.3 Å². The second kappa shape index (κ2) is 9.64. The van der Waals surface area contributed by atoms with Crippen molar-refractivity contribution in [1.82, 2.24) is 0 Å². The molecular weight excluding hydrogens is 284 g/mol. The summed E-state index contributed by atoms with van der Waals surface area (Å²) in [6, 6.07) is 9.44. The second-order valence-electron chi connectivity index (χ2n) is 4.35. The quantitative estimate of drug-likeness (QED) is 0.543. The minimum atomic E-state index is -0.759. The lowest BCUT2D eigenvalue weighted by Crippen LogP contribution is -2.37. The summed E-state index contributed by atoms with van der Waals surface area (Å²) in [7, 11) is 0. The highest BCUT2D eigenvalue weighted by molar-refractivity contribution is 5.61. The first-order chi connectivity index (χ1) is 10.7. The van der Waals surface area contributed by atoms with E-state index in [4.69, 9.17) is 14.2 Å². The van der Waals surface area contributed by atoms with E-state index in [1.807, 2.05) is 36.9 Å². The first-order valence-corrected chi connectivity index (χ1v) is 7.35. The Morgan fingerprint density at radius 3 is 2.59 bits per heavy atom. The largest absolute Gasteiger partial charge is 0.510 e. The molecule has 6 nitrogen and oxygen atoms in total. The van der Waals surface area contributed by atoms with Gasteiger partial charge in [-0.15, -0.1) is 0 Å². The minimum absolute atomic E-state index is 0.242. The first-order valence-electron chi connectivity index (χ1n) is 7.35. The number of ether oxygens (including phenoxy) is 3. The van der Waals surface area contributed by atoms with Crippen molar-refractivity contribution < 1.29 is 19.0 Å². The normalized spacial score (nSPS) is 11.4. The zero-order valence-corrected chi connectivity index (χ0v) is 13.2. The molecule has 0 aliphatic carbocycles. The number of carbonyl (C=O) groups is 1. The SMILES string of the molecule is CCOC(=O)OC(CN(CC)c1ccccc1C#N)OCC. The molecule has 1 atom stereocenters. The van der Waals surface area contributed by atoms with Crippen molar-refractivity contribution in [3.05, 3.63) is 29.8 Å². The zero-order valence-electron chi connectivity index (χ0n) is 13.2. The van der Waals surface area contributed by atoms with Crippen molar-refractivity contribution in [3.8, 4) is 6.07 Å². The van der Waals surface area contributed by atoms with Gasteiger partial charge < -0.3 is 19.1 Å². The third kappa shape index (κ3) is 5.26. The van der Waals surface area contributed by atoms with Gasteiger partial charge in [-0.1, -0.05) is 12.1 Å². The Bertz CT molecular complexity index is 513. The van der Waals surface area contributed by atoms with E-state index < -0.39 is 12.4 Å². The monoisotopic (exact) mass is 306 g/mol. The lowest BCUT2D eigenvalue weighted by atomic mass is 10.1. The van der Waals surface area contributed by atoms with E-state index in [2.05, 4.69) is 6.07 Å². The zero-order chi connectivity index (χ0) is 16.4. The molecule has 0 bridgehead atoms. The summed E-state index contributed by atoms with van der Waals surface area (Å²) in [5.74, 6) is 0. The van der Waals surface area contributed by atoms with Crippen LogP contribution in [0.2, 0.25) is 0 Å². The van der Waals surface area contributed by atoms with Gasteiger partial charge in [0.1, 0.15) is 6.07 Å². The van der Waals surface area contributed by atoms with Crippen LogP contribution in [0.3, 0.4) is 0 Å². The van der Waals surface area contributed by atoms with E-state index in [-0.39, 0.29) is 6.61 Å². The molecule has 0 N–H and O–H groups in total. The van der Waals surface area contributed by atoms with Crippen molar-refractivity contribution in [2.24, 2.45) is 0 Å². The fourth-order valence-electron chi connectivity index (χ4n) is 1.99. The topological polar surface area (TPSA) is 71.8 Å². The minimum Gasteiger partial charge on any atom is -0.435 e. The van der Waals surface area contributed by atoms with Gasteiger partial charge in [-0.25, -0.2) is 4.79 Å². The van der Waals surface area contributed by atoms with Crippen LogP contribution < -0.4 is 4.90 Å². The van der Waals surface area contributed by atoms with Gasteiger partial charge in [-0.05, 0) is 32.9 Å². The van der Waals surface area contributed by atoms with E-state index >= 15 is 0 Å². The molecule has 0 aliphatic heterocycles. The van der Waals surface area contributed by atoms with Crippen LogP contribution in [-0.2, 0) is 14.2 Å². The Morgan fingerprint density at radius 1 is 1.27 bits per heavy atom. The van der Waals surface area contributed by atoms with Gasteiger partial charge in [0.05, 0.1) is 24.4 Å².